The molecule has 1 aliphatic rings. The Morgan fingerprint density at radius 1 is 1.38 bits per heavy atom. The summed E-state index contributed by atoms with van der Waals surface area (Å²) in [6.45, 7) is 4.17. The third-order valence-electron chi connectivity index (χ3n) is 3.81. The lowest BCUT2D eigenvalue weighted by molar-refractivity contribution is -0.148. The van der Waals surface area contributed by atoms with E-state index in [4.69, 9.17) is 4.74 Å². The van der Waals surface area contributed by atoms with Crippen LogP contribution in [-0.2, 0) is 15.3 Å². The topological polar surface area (TPSA) is 38.3 Å². The molecule has 1 saturated carbocycles. The van der Waals surface area contributed by atoms with Crippen LogP contribution in [0.1, 0.15) is 32.3 Å². The molecule has 1 fully saturated rings. The van der Waals surface area contributed by atoms with E-state index in [1.54, 1.807) is 11.8 Å². The van der Waals surface area contributed by atoms with E-state index in [0.29, 0.717) is 5.92 Å². The van der Waals surface area contributed by atoms with Crippen molar-refractivity contribution in [2.24, 2.45) is 5.92 Å². The van der Waals surface area contributed by atoms with E-state index in [2.05, 4.69) is 43.4 Å². The molecular weight excluding hydrogens is 282 g/mol. The first-order valence-electron chi connectivity index (χ1n) is 7.56. The van der Waals surface area contributed by atoms with Gasteiger partial charge in [-0.05, 0) is 38.2 Å². The minimum atomic E-state index is -0.525. The van der Waals surface area contributed by atoms with Crippen LogP contribution in [0.3, 0.4) is 0 Å². The molecule has 21 heavy (non-hydrogen) atoms. The van der Waals surface area contributed by atoms with Gasteiger partial charge in [0.05, 0.1) is 7.11 Å². The summed E-state index contributed by atoms with van der Waals surface area (Å²) in [6.07, 6.45) is 2.22. The van der Waals surface area contributed by atoms with Gasteiger partial charge in [0.15, 0.2) is 0 Å². The van der Waals surface area contributed by atoms with E-state index in [9.17, 15) is 4.79 Å². The van der Waals surface area contributed by atoms with Crippen LogP contribution >= 0.6 is 11.8 Å². The molecule has 0 amide bonds. The Morgan fingerprint density at radius 2 is 2.05 bits per heavy atom. The number of benzene rings is 1. The summed E-state index contributed by atoms with van der Waals surface area (Å²) >= 11 is 1.80. The minimum absolute atomic E-state index is 0.112. The van der Waals surface area contributed by atoms with Gasteiger partial charge in [0.1, 0.15) is 5.54 Å². The van der Waals surface area contributed by atoms with Crippen LogP contribution < -0.4 is 5.32 Å². The van der Waals surface area contributed by atoms with Crippen LogP contribution in [0.5, 0.6) is 0 Å². The van der Waals surface area contributed by atoms with Crippen molar-refractivity contribution in [1.82, 2.24) is 5.32 Å². The fourth-order valence-corrected chi connectivity index (χ4v) is 4.03. The van der Waals surface area contributed by atoms with Crippen molar-refractivity contribution in [2.45, 2.75) is 44.0 Å². The van der Waals surface area contributed by atoms with E-state index in [1.807, 2.05) is 6.07 Å². The fraction of sp³-hybridized carbons (Fsp3) is 0.588. The summed E-state index contributed by atoms with van der Waals surface area (Å²) in [5.74, 6) is 1.98. The molecule has 1 aliphatic carbocycles. The Labute approximate surface area is 131 Å². The second kappa shape index (κ2) is 7.32. The van der Waals surface area contributed by atoms with Gasteiger partial charge in [-0.1, -0.05) is 30.3 Å². The smallest absolute Gasteiger partial charge is 0.327 e. The zero-order valence-corrected chi connectivity index (χ0v) is 13.9. The first kappa shape index (κ1) is 16.4. The molecule has 0 aliphatic heterocycles. The Kier molecular flexibility index (Phi) is 5.71. The second-order valence-electron chi connectivity index (χ2n) is 6.01. The molecule has 3 nitrogen and oxygen atoms in total. The molecule has 1 atom stereocenters. The van der Waals surface area contributed by atoms with Crippen LogP contribution in [0.25, 0.3) is 0 Å². The van der Waals surface area contributed by atoms with Crippen molar-refractivity contribution >= 4 is 17.7 Å². The molecule has 1 aromatic carbocycles. The molecule has 0 saturated heterocycles. The predicted octanol–water partition coefficient (Wildman–Crippen LogP) is 3.24. The third-order valence-corrected chi connectivity index (χ3v) is 5.01. The number of esters is 1. The summed E-state index contributed by atoms with van der Waals surface area (Å²) in [5.41, 5.74) is 0.768. The third kappa shape index (κ3) is 4.24. The molecule has 1 N–H and O–H groups in total. The first-order valence-corrected chi connectivity index (χ1v) is 8.71. The zero-order valence-electron chi connectivity index (χ0n) is 13.1. The van der Waals surface area contributed by atoms with Gasteiger partial charge >= 0.3 is 5.97 Å². The van der Waals surface area contributed by atoms with E-state index >= 15 is 0 Å². The Bertz CT molecular complexity index is 459. The highest BCUT2D eigenvalue weighted by Gasteiger charge is 2.51. The molecule has 1 aromatic rings. The van der Waals surface area contributed by atoms with Crippen LogP contribution in [0, 0.1) is 5.92 Å². The Hall–Kier alpha value is -1.00. The van der Waals surface area contributed by atoms with Gasteiger partial charge in [-0.25, -0.2) is 0 Å². The summed E-state index contributed by atoms with van der Waals surface area (Å²) in [5, 5.41) is 3.50. The van der Waals surface area contributed by atoms with Crippen molar-refractivity contribution in [2.75, 3.05) is 12.9 Å². The quantitative estimate of drug-likeness (QED) is 0.748. The van der Waals surface area contributed by atoms with Crippen LogP contribution in [-0.4, -0.2) is 30.4 Å². The maximum absolute atomic E-state index is 12.4. The van der Waals surface area contributed by atoms with E-state index in [0.717, 1.165) is 24.3 Å². The van der Waals surface area contributed by atoms with Crippen molar-refractivity contribution in [3.05, 3.63) is 35.9 Å². The summed E-state index contributed by atoms with van der Waals surface area (Å²) in [6, 6.07) is 10.6. The highest BCUT2D eigenvalue weighted by atomic mass is 32.2. The lowest BCUT2D eigenvalue weighted by atomic mass is 9.94. The molecule has 116 valence electrons. The molecule has 0 heterocycles. The second-order valence-corrected chi connectivity index (χ2v) is 7.00. The van der Waals surface area contributed by atoms with Gasteiger partial charge in [0.25, 0.3) is 0 Å². The number of hydrogen-bond donors (Lipinski definition) is 1. The Balaban J connectivity index is 2.03. The minimum Gasteiger partial charge on any atom is -0.468 e. The van der Waals surface area contributed by atoms with Gasteiger partial charge in [0.2, 0.25) is 0 Å². The average molecular weight is 307 g/mol. The summed E-state index contributed by atoms with van der Waals surface area (Å²) in [4.78, 5) is 12.4. The zero-order chi connectivity index (χ0) is 15.3. The van der Waals surface area contributed by atoms with Gasteiger partial charge in [-0.15, -0.1) is 0 Å². The number of hydrogen-bond acceptors (Lipinski definition) is 4. The van der Waals surface area contributed by atoms with Crippen molar-refractivity contribution < 1.29 is 9.53 Å². The van der Waals surface area contributed by atoms with E-state index in [-0.39, 0.29) is 12.0 Å². The number of ether oxygens (including phenoxy) is 1. The summed E-state index contributed by atoms with van der Waals surface area (Å²) < 4.78 is 5.11. The SMILES string of the molecule is COC(=O)C(CSCc1ccccc1)(NC(C)C)C1CC1. The standard InChI is InChI=1S/C17H25NO2S/c1-13(2)18-17(15-9-10-15,16(19)20-3)12-21-11-14-7-5-4-6-8-14/h4-8,13,15,18H,9-12H2,1-3H3. The number of carbonyl (C=O) groups is 1. The monoisotopic (exact) mass is 307 g/mol. The normalized spacial score (nSPS) is 17.5. The van der Waals surface area contributed by atoms with Crippen molar-refractivity contribution in [3.8, 4) is 0 Å². The highest BCUT2D eigenvalue weighted by molar-refractivity contribution is 7.98. The molecule has 0 bridgehead atoms. The maximum atomic E-state index is 12.4. The van der Waals surface area contributed by atoms with Gasteiger partial charge in [-0.2, -0.15) is 11.8 Å². The lowest BCUT2D eigenvalue weighted by Gasteiger charge is -2.34. The highest BCUT2D eigenvalue weighted by Crippen LogP contribution is 2.42. The molecular formula is C17H25NO2S. The van der Waals surface area contributed by atoms with Crippen LogP contribution in [0.4, 0.5) is 0 Å². The molecule has 1 unspecified atom stereocenters. The van der Waals surface area contributed by atoms with Gasteiger partial charge < -0.3 is 4.74 Å². The number of carbonyl (C=O) groups excluding carboxylic acids is 1. The lowest BCUT2D eigenvalue weighted by Crippen LogP contribution is -2.59. The molecule has 0 radical (unpaired) electrons. The van der Waals surface area contributed by atoms with E-state index in [1.165, 1.54) is 12.7 Å². The first-order chi connectivity index (χ1) is 10.1. The van der Waals surface area contributed by atoms with Crippen molar-refractivity contribution in [3.63, 3.8) is 0 Å². The molecule has 0 aromatic heterocycles. The van der Waals surface area contributed by atoms with Gasteiger partial charge in [-0.3, -0.25) is 10.1 Å². The molecule has 0 spiro atoms. The number of nitrogens with one attached hydrogen (secondary N) is 1. The van der Waals surface area contributed by atoms with Crippen LogP contribution in [0.15, 0.2) is 30.3 Å². The average Bonchev–Trinajstić information content (AvgIpc) is 3.31. The number of rotatable bonds is 8. The van der Waals surface area contributed by atoms with Gasteiger partial charge in [0, 0.05) is 17.5 Å². The number of thioether (sulfide) groups is 1. The number of methoxy groups -OCH3 is 1. The van der Waals surface area contributed by atoms with Crippen LogP contribution in [0.2, 0.25) is 0 Å². The molecule has 4 heteroatoms. The largest absolute Gasteiger partial charge is 0.468 e. The Morgan fingerprint density at radius 3 is 2.57 bits per heavy atom. The fourth-order valence-electron chi connectivity index (χ4n) is 2.74. The maximum Gasteiger partial charge on any atom is 0.327 e. The predicted molar refractivity (Wildman–Crippen MR) is 88.3 cm³/mol. The van der Waals surface area contributed by atoms with Crippen molar-refractivity contribution in [1.29, 1.82) is 0 Å². The van der Waals surface area contributed by atoms with E-state index < -0.39 is 5.54 Å². The molecule has 2 rings (SSSR count). The summed E-state index contributed by atoms with van der Waals surface area (Å²) in [7, 11) is 1.49.